The van der Waals surface area contributed by atoms with Gasteiger partial charge in [0, 0.05) is 18.9 Å². The lowest BCUT2D eigenvalue weighted by Gasteiger charge is -2.19. The van der Waals surface area contributed by atoms with Gasteiger partial charge in [-0.2, -0.15) is 5.10 Å². The van der Waals surface area contributed by atoms with E-state index in [1.54, 1.807) is 0 Å². The minimum absolute atomic E-state index is 0.519. The molecule has 1 atom stereocenters. The Hall–Kier alpha value is -0.900. The van der Waals surface area contributed by atoms with Crippen LogP contribution in [-0.2, 0) is 6.42 Å². The van der Waals surface area contributed by atoms with Crippen LogP contribution in [0.15, 0.2) is 0 Å². The van der Waals surface area contributed by atoms with E-state index in [0.717, 1.165) is 37.6 Å². The number of nitrogens with one attached hydrogen (secondary N) is 2. The second-order valence-electron chi connectivity index (χ2n) is 3.93. The Morgan fingerprint density at radius 1 is 1.50 bits per heavy atom. The van der Waals surface area contributed by atoms with Gasteiger partial charge < -0.3 is 5.32 Å². The fraction of sp³-hybridized carbons (Fsp3) is 0.800. The first-order valence-electron chi connectivity index (χ1n) is 5.52. The summed E-state index contributed by atoms with van der Waals surface area (Å²) in [4.78, 5) is 4.52. The number of hydrogen-bond acceptors (Lipinski definition) is 3. The molecule has 0 bridgehead atoms. The molecule has 0 spiro atoms. The molecule has 14 heavy (non-hydrogen) atoms. The number of aryl methyl sites for hydroxylation is 1. The number of H-pyrrole nitrogens is 1. The predicted molar refractivity (Wildman–Crippen MR) is 55.2 cm³/mol. The largest absolute Gasteiger partial charge is 0.316 e. The van der Waals surface area contributed by atoms with Crippen LogP contribution in [0.3, 0.4) is 0 Å². The Morgan fingerprint density at radius 3 is 3.14 bits per heavy atom. The zero-order chi connectivity index (χ0) is 9.80. The van der Waals surface area contributed by atoms with E-state index >= 15 is 0 Å². The summed E-state index contributed by atoms with van der Waals surface area (Å²) in [5.41, 5.74) is 0. The van der Waals surface area contributed by atoms with Crippen LogP contribution >= 0.6 is 0 Å². The molecule has 0 aromatic carbocycles. The highest BCUT2D eigenvalue weighted by molar-refractivity contribution is 5.00. The van der Waals surface area contributed by atoms with Crippen LogP contribution in [0.4, 0.5) is 0 Å². The normalized spacial score (nSPS) is 22.5. The van der Waals surface area contributed by atoms with Gasteiger partial charge in [0.15, 0.2) is 5.82 Å². The molecular formula is C10H18N4. The van der Waals surface area contributed by atoms with Crippen LogP contribution in [0, 0.1) is 0 Å². The first-order valence-corrected chi connectivity index (χ1v) is 5.52. The average Bonchev–Trinajstić information content (AvgIpc) is 2.68. The minimum Gasteiger partial charge on any atom is -0.316 e. The van der Waals surface area contributed by atoms with Crippen molar-refractivity contribution in [1.29, 1.82) is 0 Å². The van der Waals surface area contributed by atoms with Crippen LogP contribution in [-0.4, -0.2) is 28.3 Å². The smallest absolute Gasteiger partial charge is 0.155 e. The van der Waals surface area contributed by atoms with Gasteiger partial charge in [0.1, 0.15) is 5.82 Å². The summed E-state index contributed by atoms with van der Waals surface area (Å²) in [5.74, 6) is 2.55. The number of hydrogen-bond donors (Lipinski definition) is 2. The van der Waals surface area contributed by atoms with Crippen LogP contribution in [0.1, 0.15) is 43.8 Å². The molecule has 2 heterocycles. The molecule has 1 aliphatic heterocycles. The Labute approximate surface area is 84.5 Å². The zero-order valence-electron chi connectivity index (χ0n) is 8.71. The van der Waals surface area contributed by atoms with Gasteiger partial charge in [-0.1, -0.05) is 6.92 Å². The molecule has 2 rings (SSSR count). The van der Waals surface area contributed by atoms with Gasteiger partial charge in [-0.15, -0.1) is 0 Å². The molecule has 1 aromatic heterocycles. The molecule has 4 heteroatoms. The van der Waals surface area contributed by atoms with Gasteiger partial charge in [0.25, 0.3) is 0 Å². The number of aromatic nitrogens is 3. The molecule has 0 aliphatic carbocycles. The molecular weight excluding hydrogens is 176 g/mol. The van der Waals surface area contributed by atoms with Crippen molar-refractivity contribution in [3.8, 4) is 0 Å². The fourth-order valence-electron chi connectivity index (χ4n) is 1.91. The maximum absolute atomic E-state index is 4.52. The molecule has 2 N–H and O–H groups in total. The van der Waals surface area contributed by atoms with E-state index in [1.165, 1.54) is 12.8 Å². The SMILES string of the molecule is CCCc1nc(C2CCCNC2)n[nH]1. The van der Waals surface area contributed by atoms with Crippen molar-refractivity contribution in [3.05, 3.63) is 11.6 Å². The third kappa shape index (κ3) is 2.12. The van der Waals surface area contributed by atoms with Gasteiger partial charge in [-0.3, -0.25) is 5.10 Å². The summed E-state index contributed by atoms with van der Waals surface area (Å²) in [5, 5.41) is 10.7. The van der Waals surface area contributed by atoms with E-state index in [2.05, 4.69) is 27.4 Å². The lowest BCUT2D eigenvalue weighted by atomic mass is 9.99. The Kier molecular flexibility index (Phi) is 3.14. The highest BCUT2D eigenvalue weighted by atomic mass is 15.2. The molecule has 0 saturated carbocycles. The molecule has 1 saturated heterocycles. The summed E-state index contributed by atoms with van der Waals surface area (Å²) >= 11 is 0. The molecule has 78 valence electrons. The predicted octanol–water partition coefficient (Wildman–Crippen LogP) is 1.22. The second-order valence-corrected chi connectivity index (χ2v) is 3.93. The summed E-state index contributed by atoms with van der Waals surface area (Å²) in [6.07, 6.45) is 4.59. The van der Waals surface area contributed by atoms with E-state index in [1.807, 2.05) is 0 Å². The first-order chi connectivity index (χ1) is 6.90. The Bertz CT molecular complexity index is 275. The van der Waals surface area contributed by atoms with Crippen molar-refractivity contribution in [2.24, 2.45) is 0 Å². The summed E-state index contributed by atoms with van der Waals surface area (Å²) in [7, 11) is 0. The summed E-state index contributed by atoms with van der Waals surface area (Å²) < 4.78 is 0. The van der Waals surface area contributed by atoms with Crippen molar-refractivity contribution < 1.29 is 0 Å². The van der Waals surface area contributed by atoms with E-state index in [9.17, 15) is 0 Å². The molecule has 1 fully saturated rings. The van der Waals surface area contributed by atoms with Gasteiger partial charge in [0.05, 0.1) is 0 Å². The van der Waals surface area contributed by atoms with Crippen LogP contribution in [0.2, 0.25) is 0 Å². The molecule has 1 unspecified atom stereocenters. The summed E-state index contributed by atoms with van der Waals surface area (Å²) in [6.45, 7) is 4.33. The van der Waals surface area contributed by atoms with Gasteiger partial charge >= 0.3 is 0 Å². The van der Waals surface area contributed by atoms with Crippen molar-refractivity contribution >= 4 is 0 Å². The average molecular weight is 194 g/mol. The van der Waals surface area contributed by atoms with Crippen molar-refractivity contribution in [1.82, 2.24) is 20.5 Å². The number of aromatic amines is 1. The van der Waals surface area contributed by atoms with E-state index in [0.29, 0.717) is 5.92 Å². The molecule has 1 aromatic rings. The van der Waals surface area contributed by atoms with Gasteiger partial charge in [0.2, 0.25) is 0 Å². The fourth-order valence-corrected chi connectivity index (χ4v) is 1.91. The minimum atomic E-state index is 0.519. The lowest BCUT2D eigenvalue weighted by Crippen LogP contribution is -2.28. The third-order valence-corrected chi connectivity index (χ3v) is 2.70. The first kappa shape index (κ1) is 9.65. The van der Waals surface area contributed by atoms with Crippen molar-refractivity contribution in [2.75, 3.05) is 13.1 Å². The van der Waals surface area contributed by atoms with E-state index < -0.39 is 0 Å². The maximum atomic E-state index is 4.52. The van der Waals surface area contributed by atoms with E-state index in [4.69, 9.17) is 0 Å². The maximum Gasteiger partial charge on any atom is 0.155 e. The number of nitrogens with zero attached hydrogens (tertiary/aromatic N) is 2. The van der Waals surface area contributed by atoms with Crippen LogP contribution in [0.25, 0.3) is 0 Å². The Balaban J connectivity index is 2.00. The Morgan fingerprint density at radius 2 is 2.43 bits per heavy atom. The van der Waals surface area contributed by atoms with Crippen molar-refractivity contribution in [2.45, 2.75) is 38.5 Å². The molecule has 0 amide bonds. The van der Waals surface area contributed by atoms with Crippen LogP contribution < -0.4 is 5.32 Å². The number of piperidine rings is 1. The second kappa shape index (κ2) is 4.55. The van der Waals surface area contributed by atoms with Crippen LogP contribution in [0.5, 0.6) is 0 Å². The lowest BCUT2D eigenvalue weighted by molar-refractivity contribution is 0.447. The third-order valence-electron chi connectivity index (χ3n) is 2.70. The number of rotatable bonds is 3. The highest BCUT2D eigenvalue weighted by Gasteiger charge is 2.18. The van der Waals surface area contributed by atoms with Gasteiger partial charge in [-0.05, 0) is 25.8 Å². The van der Waals surface area contributed by atoms with Gasteiger partial charge in [-0.25, -0.2) is 4.98 Å². The molecule has 1 aliphatic rings. The molecule has 0 radical (unpaired) electrons. The highest BCUT2D eigenvalue weighted by Crippen LogP contribution is 2.19. The topological polar surface area (TPSA) is 53.6 Å². The standard InChI is InChI=1S/C10H18N4/c1-2-4-9-12-10(14-13-9)8-5-3-6-11-7-8/h8,11H,2-7H2,1H3,(H,12,13,14). The van der Waals surface area contributed by atoms with E-state index in [-0.39, 0.29) is 0 Å². The summed E-state index contributed by atoms with van der Waals surface area (Å²) in [6, 6.07) is 0. The molecule has 4 nitrogen and oxygen atoms in total. The quantitative estimate of drug-likeness (QED) is 0.760. The monoisotopic (exact) mass is 194 g/mol. The van der Waals surface area contributed by atoms with Crippen molar-refractivity contribution in [3.63, 3.8) is 0 Å². The zero-order valence-corrected chi connectivity index (χ0v) is 8.71.